The number of rotatable bonds is 3. The lowest BCUT2D eigenvalue weighted by molar-refractivity contribution is -0.137. The molecule has 164 valence electrons. The van der Waals surface area contributed by atoms with Crippen LogP contribution in [0.5, 0.6) is 0 Å². The lowest BCUT2D eigenvalue weighted by Crippen LogP contribution is -2.46. The summed E-state index contributed by atoms with van der Waals surface area (Å²) >= 11 is 0. The Morgan fingerprint density at radius 1 is 1.23 bits per heavy atom. The van der Waals surface area contributed by atoms with Crippen LogP contribution in [0.2, 0.25) is 0 Å². The van der Waals surface area contributed by atoms with E-state index < -0.39 is 35.6 Å². The first-order chi connectivity index (χ1) is 14.7. The van der Waals surface area contributed by atoms with Gasteiger partial charge in [-0.2, -0.15) is 18.4 Å². The zero-order chi connectivity index (χ0) is 22.3. The normalized spacial score (nSPS) is 25.4. The Kier molecular flexibility index (Phi) is 5.37. The predicted octanol–water partition coefficient (Wildman–Crippen LogP) is 1.96. The molecule has 0 aromatic heterocycles. The van der Waals surface area contributed by atoms with Crippen LogP contribution in [-0.4, -0.2) is 46.1 Å². The summed E-state index contributed by atoms with van der Waals surface area (Å²) in [7, 11) is 0. The number of nitriles is 1. The summed E-state index contributed by atoms with van der Waals surface area (Å²) in [5.74, 6) is -1.72. The van der Waals surface area contributed by atoms with Crippen LogP contribution >= 0.6 is 0 Å². The first kappa shape index (κ1) is 21.2. The minimum atomic E-state index is -4.45. The molecule has 3 heterocycles. The van der Waals surface area contributed by atoms with E-state index in [1.807, 2.05) is 0 Å². The number of nitrogens with zero attached hydrogens (tertiary/aromatic N) is 3. The van der Waals surface area contributed by atoms with E-state index in [1.54, 1.807) is 0 Å². The van der Waals surface area contributed by atoms with Gasteiger partial charge in [0.15, 0.2) is 0 Å². The van der Waals surface area contributed by atoms with Gasteiger partial charge in [0.1, 0.15) is 12.1 Å². The summed E-state index contributed by atoms with van der Waals surface area (Å²) in [4.78, 5) is 40.6. The molecule has 0 saturated carbocycles. The quantitative estimate of drug-likeness (QED) is 0.787. The number of carbonyl (C=O) groups excluding carboxylic acids is 3. The highest BCUT2D eigenvalue weighted by molar-refractivity contribution is 5.94. The number of amides is 3. The van der Waals surface area contributed by atoms with Crippen LogP contribution in [0, 0.1) is 17.2 Å². The van der Waals surface area contributed by atoms with E-state index in [4.69, 9.17) is 5.26 Å². The highest BCUT2D eigenvalue weighted by atomic mass is 19.4. The maximum atomic E-state index is 12.9. The highest BCUT2D eigenvalue weighted by Gasteiger charge is 2.42. The average Bonchev–Trinajstić information content (AvgIpc) is 3.44. The van der Waals surface area contributed by atoms with Gasteiger partial charge in [0.05, 0.1) is 11.6 Å². The number of alkyl halides is 3. The van der Waals surface area contributed by atoms with Gasteiger partial charge in [0.25, 0.3) is 0 Å². The Labute approximate surface area is 176 Å². The molecule has 0 aliphatic carbocycles. The monoisotopic (exact) mass is 434 g/mol. The van der Waals surface area contributed by atoms with E-state index in [9.17, 15) is 27.6 Å². The zero-order valence-electron chi connectivity index (χ0n) is 16.6. The van der Waals surface area contributed by atoms with Crippen LogP contribution in [0.1, 0.15) is 42.4 Å². The summed E-state index contributed by atoms with van der Waals surface area (Å²) in [5, 5.41) is 11.8. The van der Waals surface area contributed by atoms with Crippen molar-refractivity contribution in [2.24, 2.45) is 5.92 Å². The number of nitrogens with one attached hydrogen (secondary N) is 1. The molecule has 4 rings (SSSR count). The molecule has 10 heteroatoms. The molecule has 1 aromatic rings. The van der Waals surface area contributed by atoms with Crippen molar-refractivity contribution in [3.05, 3.63) is 34.9 Å². The van der Waals surface area contributed by atoms with Crippen molar-refractivity contribution >= 4 is 17.7 Å². The summed E-state index contributed by atoms with van der Waals surface area (Å²) in [6, 6.07) is 4.28. The van der Waals surface area contributed by atoms with Crippen LogP contribution < -0.4 is 5.32 Å². The number of fused-ring (bicyclic) bond motifs is 1. The van der Waals surface area contributed by atoms with Crippen molar-refractivity contribution in [1.82, 2.24) is 15.1 Å². The Hall–Kier alpha value is -3.09. The van der Waals surface area contributed by atoms with Crippen LogP contribution in [-0.2, 0) is 33.6 Å². The van der Waals surface area contributed by atoms with Crippen LogP contribution in [0.25, 0.3) is 0 Å². The van der Waals surface area contributed by atoms with E-state index in [2.05, 4.69) is 11.4 Å². The van der Waals surface area contributed by atoms with E-state index in [1.165, 1.54) is 15.9 Å². The Morgan fingerprint density at radius 2 is 1.97 bits per heavy atom. The van der Waals surface area contributed by atoms with E-state index >= 15 is 0 Å². The van der Waals surface area contributed by atoms with Crippen LogP contribution in [0.3, 0.4) is 0 Å². The Bertz CT molecular complexity index is 972. The molecule has 7 nitrogen and oxygen atoms in total. The maximum Gasteiger partial charge on any atom is 0.416 e. The number of hydrogen-bond acceptors (Lipinski definition) is 4. The van der Waals surface area contributed by atoms with Gasteiger partial charge >= 0.3 is 6.18 Å². The fraction of sp³-hybridized carbons (Fsp3) is 0.524. The van der Waals surface area contributed by atoms with Gasteiger partial charge in [0, 0.05) is 32.0 Å². The largest absolute Gasteiger partial charge is 0.416 e. The third-order valence-electron chi connectivity index (χ3n) is 6.22. The molecular weight excluding hydrogens is 413 g/mol. The first-order valence-corrected chi connectivity index (χ1v) is 10.1. The number of halogens is 3. The second kappa shape index (κ2) is 7.87. The summed E-state index contributed by atoms with van der Waals surface area (Å²) in [6.45, 7) is 0.728. The molecule has 3 amide bonds. The van der Waals surface area contributed by atoms with Crippen molar-refractivity contribution < 1.29 is 27.6 Å². The van der Waals surface area contributed by atoms with Gasteiger partial charge in [-0.15, -0.1) is 0 Å². The van der Waals surface area contributed by atoms with Gasteiger partial charge in [-0.25, -0.2) is 0 Å². The zero-order valence-corrected chi connectivity index (χ0v) is 16.6. The smallest absolute Gasteiger partial charge is 0.344 e. The van der Waals surface area contributed by atoms with Gasteiger partial charge < -0.3 is 15.1 Å². The van der Waals surface area contributed by atoms with Gasteiger partial charge in [-0.1, -0.05) is 6.07 Å². The molecular formula is C21H21F3N4O3. The highest BCUT2D eigenvalue weighted by Crippen LogP contribution is 2.34. The average molecular weight is 434 g/mol. The van der Waals surface area contributed by atoms with Crippen molar-refractivity contribution in [1.29, 1.82) is 5.26 Å². The molecule has 3 aliphatic rings. The molecule has 31 heavy (non-hydrogen) atoms. The fourth-order valence-electron chi connectivity index (χ4n) is 4.53. The molecule has 1 N–H and O–H groups in total. The van der Waals surface area contributed by atoms with E-state index in [0.717, 1.165) is 18.6 Å². The van der Waals surface area contributed by atoms with Crippen LogP contribution in [0.15, 0.2) is 18.2 Å². The molecule has 3 aliphatic heterocycles. The minimum Gasteiger partial charge on any atom is -0.344 e. The van der Waals surface area contributed by atoms with Gasteiger partial charge in [-0.3, -0.25) is 14.4 Å². The molecule has 0 unspecified atom stereocenters. The molecule has 0 radical (unpaired) electrons. The topological polar surface area (TPSA) is 93.5 Å². The maximum absolute atomic E-state index is 12.9. The lowest BCUT2D eigenvalue weighted by atomic mass is 9.99. The number of hydrogen-bond donors (Lipinski definition) is 1. The number of benzene rings is 1. The van der Waals surface area contributed by atoms with E-state index in [0.29, 0.717) is 24.1 Å². The predicted molar refractivity (Wildman–Crippen MR) is 101 cm³/mol. The third kappa shape index (κ3) is 4.09. The van der Waals surface area contributed by atoms with E-state index in [-0.39, 0.29) is 37.7 Å². The molecule has 0 bridgehead atoms. The SMILES string of the molecule is N#C[C@@H]1CCCN1C(=O)[C@@H]1C[C@@H](CC(=O)N2Cc3ccc(C(F)(F)F)cc3C2)C(=O)N1. The standard InChI is InChI=1S/C21H21F3N4O3/c22-21(23,24)15-4-3-12-10-27(11-14(12)6-15)18(29)8-13-7-17(26-19(13)30)20(31)28-5-1-2-16(28)9-25/h3-4,6,13,16-17H,1-2,5,7-8,10-11H2,(H,26,30)/t13-,16-,17-/m0/s1. The summed E-state index contributed by atoms with van der Waals surface area (Å²) in [5.41, 5.74) is 0.347. The van der Waals surface area contributed by atoms with Gasteiger partial charge in [-0.05, 0) is 42.5 Å². The second-order valence-electron chi connectivity index (χ2n) is 8.25. The second-order valence-corrected chi connectivity index (χ2v) is 8.25. The fourth-order valence-corrected chi connectivity index (χ4v) is 4.53. The van der Waals surface area contributed by atoms with Crippen molar-refractivity contribution in [2.45, 2.75) is 57.0 Å². The van der Waals surface area contributed by atoms with Crippen LogP contribution in [0.4, 0.5) is 13.2 Å². The molecule has 3 atom stereocenters. The summed E-state index contributed by atoms with van der Waals surface area (Å²) in [6.07, 6.45) is -3.06. The number of carbonyl (C=O) groups is 3. The molecule has 2 fully saturated rings. The Balaban J connectivity index is 1.36. The van der Waals surface area contributed by atoms with Crippen molar-refractivity contribution in [2.75, 3.05) is 6.54 Å². The van der Waals surface area contributed by atoms with Crippen molar-refractivity contribution in [3.63, 3.8) is 0 Å². The Morgan fingerprint density at radius 3 is 2.68 bits per heavy atom. The molecule has 2 saturated heterocycles. The molecule has 1 aromatic carbocycles. The van der Waals surface area contributed by atoms with Crippen molar-refractivity contribution in [3.8, 4) is 6.07 Å². The lowest BCUT2D eigenvalue weighted by Gasteiger charge is -2.23. The number of likely N-dealkylation sites (tertiary alicyclic amines) is 1. The summed E-state index contributed by atoms with van der Waals surface area (Å²) < 4.78 is 38.7. The first-order valence-electron chi connectivity index (χ1n) is 10.1. The molecule has 0 spiro atoms. The third-order valence-corrected chi connectivity index (χ3v) is 6.22. The van der Waals surface area contributed by atoms with Gasteiger partial charge in [0.2, 0.25) is 17.7 Å². The minimum absolute atomic E-state index is 0.0619.